The Bertz CT molecular complexity index is 1680. The number of nitrogens with one attached hydrogen (secondary N) is 2. The van der Waals surface area contributed by atoms with Crippen LogP contribution >= 0.6 is 11.3 Å². The maximum Gasteiger partial charge on any atom is 0.416 e. The highest BCUT2D eigenvalue weighted by atomic mass is 32.1. The second-order valence-corrected chi connectivity index (χ2v) is 9.26. The van der Waals surface area contributed by atoms with E-state index in [4.69, 9.17) is 5.73 Å². The van der Waals surface area contributed by atoms with Crippen LogP contribution in [0.15, 0.2) is 72.6 Å². The molecule has 0 fully saturated rings. The first-order chi connectivity index (χ1) is 18.1. The van der Waals surface area contributed by atoms with Crippen molar-refractivity contribution >= 4 is 50.6 Å². The Morgan fingerprint density at radius 3 is 2.50 bits per heavy atom. The molecule has 192 valence electrons. The number of hydrogen-bond acceptors (Lipinski definition) is 6. The van der Waals surface area contributed by atoms with Gasteiger partial charge in [-0.2, -0.15) is 13.2 Å². The van der Waals surface area contributed by atoms with Crippen LogP contribution in [-0.2, 0) is 6.18 Å². The lowest BCUT2D eigenvalue weighted by atomic mass is 10.1. The first-order valence-corrected chi connectivity index (χ1v) is 12.0. The zero-order valence-corrected chi connectivity index (χ0v) is 20.5. The molecule has 3 heterocycles. The molecule has 0 saturated carbocycles. The van der Waals surface area contributed by atoms with Crippen LogP contribution in [0.25, 0.3) is 15.9 Å². The van der Waals surface area contributed by atoms with Crippen LogP contribution in [0, 0.1) is 6.92 Å². The molecule has 2 amide bonds. The first kappa shape index (κ1) is 25.0. The number of aryl methyl sites for hydroxylation is 1. The number of alkyl halides is 3. The summed E-state index contributed by atoms with van der Waals surface area (Å²) in [5.74, 6) is -0.897. The summed E-state index contributed by atoms with van der Waals surface area (Å²) in [6.45, 7) is 1.77. The first-order valence-electron chi connectivity index (χ1n) is 11.2. The molecule has 0 saturated heterocycles. The third-order valence-corrected chi connectivity index (χ3v) is 6.77. The van der Waals surface area contributed by atoms with Gasteiger partial charge in [-0.15, -0.1) is 11.3 Å². The maximum absolute atomic E-state index is 13.5. The number of nitrogens with two attached hydrogens (primary N) is 1. The van der Waals surface area contributed by atoms with Gasteiger partial charge in [-0.25, -0.2) is 9.97 Å². The van der Waals surface area contributed by atoms with E-state index in [-0.39, 0.29) is 22.8 Å². The number of carbonyl (C=O) groups is 2. The van der Waals surface area contributed by atoms with Gasteiger partial charge >= 0.3 is 6.18 Å². The number of rotatable bonds is 5. The summed E-state index contributed by atoms with van der Waals surface area (Å²) < 4.78 is 42.7. The zero-order valence-electron chi connectivity index (χ0n) is 19.7. The third kappa shape index (κ3) is 4.93. The summed E-state index contributed by atoms with van der Waals surface area (Å²) >= 11 is 1.25. The Kier molecular flexibility index (Phi) is 6.33. The van der Waals surface area contributed by atoms with Gasteiger partial charge in [0.15, 0.2) is 0 Å². The highest BCUT2D eigenvalue weighted by Crippen LogP contribution is 2.32. The zero-order chi connectivity index (χ0) is 27.0. The summed E-state index contributed by atoms with van der Waals surface area (Å²) in [5.41, 5.74) is 7.07. The topological polar surface area (TPSA) is 115 Å². The van der Waals surface area contributed by atoms with Gasteiger partial charge in [0.2, 0.25) is 0 Å². The molecule has 0 aliphatic heterocycles. The van der Waals surface area contributed by atoms with E-state index in [1.807, 2.05) is 0 Å². The third-order valence-electron chi connectivity index (χ3n) is 5.78. The van der Waals surface area contributed by atoms with Crippen LogP contribution in [0.3, 0.4) is 0 Å². The highest BCUT2D eigenvalue weighted by Gasteiger charge is 2.32. The predicted molar refractivity (Wildman–Crippen MR) is 140 cm³/mol. The van der Waals surface area contributed by atoms with Crippen LogP contribution in [0.5, 0.6) is 0 Å². The fraction of sp³-hybridized carbons (Fsp3) is 0.0769. The molecular weight excluding hydrogens is 517 g/mol. The molecule has 0 unspecified atom stereocenters. The average molecular weight is 537 g/mol. The van der Waals surface area contributed by atoms with Gasteiger partial charge in [-0.05, 0) is 55.0 Å². The summed E-state index contributed by atoms with van der Waals surface area (Å²) in [7, 11) is 0. The number of nitrogen functional groups attached to an aromatic ring is 1. The van der Waals surface area contributed by atoms with Crippen LogP contribution < -0.4 is 16.4 Å². The van der Waals surface area contributed by atoms with Crippen LogP contribution in [0.4, 0.5) is 30.4 Å². The van der Waals surface area contributed by atoms with Crippen molar-refractivity contribution < 1.29 is 22.8 Å². The number of thiophene rings is 1. The fourth-order valence-corrected chi connectivity index (χ4v) is 4.72. The highest BCUT2D eigenvalue weighted by molar-refractivity contribution is 7.18. The number of aromatic nitrogens is 3. The van der Waals surface area contributed by atoms with Crippen molar-refractivity contribution in [3.63, 3.8) is 0 Å². The number of halogens is 3. The minimum Gasteiger partial charge on any atom is -0.382 e. The lowest BCUT2D eigenvalue weighted by molar-refractivity contribution is -0.137. The number of nitrogens with zero attached hydrogens (tertiary/aromatic N) is 3. The van der Waals surface area contributed by atoms with Crippen molar-refractivity contribution in [2.45, 2.75) is 13.1 Å². The number of amides is 2. The van der Waals surface area contributed by atoms with E-state index in [2.05, 4.69) is 20.6 Å². The lowest BCUT2D eigenvalue weighted by Gasteiger charge is -2.14. The lowest BCUT2D eigenvalue weighted by Crippen LogP contribution is -2.16. The number of benzene rings is 2. The predicted octanol–water partition coefficient (Wildman–Crippen LogP) is 5.90. The molecule has 3 aromatic heterocycles. The Morgan fingerprint density at radius 2 is 1.76 bits per heavy atom. The minimum atomic E-state index is -4.64. The maximum atomic E-state index is 13.5. The minimum absolute atomic E-state index is 0.170. The molecular formula is C26H19F3N6O2S. The van der Waals surface area contributed by atoms with Crippen molar-refractivity contribution in [2.75, 3.05) is 16.4 Å². The second kappa shape index (κ2) is 9.63. The molecule has 38 heavy (non-hydrogen) atoms. The number of hydrogen-bond donors (Lipinski definition) is 3. The largest absolute Gasteiger partial charge is 0.416 e. The fourth-order valence-electron chi connectivity index (χ4n) is 3.82. The molecule has 0 spiro atoms. The molecule has 0 aliphatic rings. The van der Waals surface area contributed by atoms with Crippen LogP contribution in [0.1, 0.15) is 31.8 Å². The summed E-state index contributed by atoms with van der Waals surface area (Å²) in [6.07, 6.45) is -0.189. The molecule has 5 aromatic rings. The van der Waals surface area contributed by atoms with Crippen LogP contribution in [-0.4, -0.2) is 26.3 Å². The standard InChI is InChI=1S/C26H19F3N6O2S/c1-14-4-5-17(11-20(14)34-25(37)19-12-38-22-21(19)31-13-32-23(22)30)33-24(36)15-8-16(26(27,28)29)10-18(9-15)35-6-2-3-7-35/h2-13H,1H3,(H,33,36)(H,34,37)(H2,30,31,32). The van der Waals surface area contributed by atoms with E-state index < -0.39 is 23.6 Å². The van der Waals surface area contributed by atoms with Gasteiger partial charge in [-0.1, -0.05) is 6.07 Å². The summed E-state index contributed by atoms with van der Waals surface area (Å²) in [5, 5.41) is 7.04. The molecule has 0 aliphatic carbocycles. The molecule has 0 bridgehead atoms. The second-order valence-electron chi connectivity index (χ2n) is 8.38. The normalized spacial score (nSPS) is 11.5. The molecule has 8 nitrogen and oxygen atoms in total. The van der Waals surface area contributed by atoms with Gasteiger partial charge < -0.3 is 20.9 Å². The van der Waals surface area contributed by atoms with Gasteiger partial charge in [0.05, 0.1) is 21.3 Å². The van der Waals surface area contributed by atoms with E-state index >= 15 is 0 Å². The Morgan fingerprint density at radius 1 is 1.00 bits per heavy atom. The summed E-state index contributed by atoms with van der Waals surface area (Å²) in [6, 6.07) is 11.3. The van der Waals surface area contributed by atoms with E-state index in [1.54, 1.807) is 49.0 Å². The monoisotopic (exact) mass is 536 g/mol. The van der Waals surface area contributed by atoms with Gasteiger partial charge in [-0.3, -0.25) is 9.59 Å². The van der Waals surface area contributed by atoms with Crippen molar-refractivity contribution in [1.29, 1.82) is 0 Å². The van der Waals surface area contributed by atoms with E-state index in [1.165, 1.54) is 34.4 Å². The molecule has 12 heteroatoms. The Hall–Kier alpha value is -4.71. The molecule has 2 aromatic carbocycles. The molecule has 4 N–H and O–H groups in total. The van der Waals surface area contributed by atoms with Gasteiger partial charge in [0.25, 0.3) is 11.8 Å². The van der Waals surface area contributed by atoms with E-state index in [0.29, 0.717) is 27.0 Å². The quantitative estimate of drug-likeness (QED) is 0.259. The van der Waals surface area contributed by atoms with E-state index in [0.717, 1.165) is 12.1 Å². The molecule has 5 rings (SSSR count). The van der Waals surface area contributed by atoms with Crippen molar-refractivity contribution in [3.05, 3.63) is 94.9 Å². The summed E-state index contributed by atoms with van der Waals surface area (Å²) in [4.78, 5) is 34.1. The van der Waals surface area contributed by atoms with E-state index in [9.17, 15) is 22.8 Å². The number of fused-ring (bicyclic) bond motifs is 1. The number of anilines is 3. The van der Waals surface area contributed by atoms with Crippen molar-refractivity contribution in [3.8, 4) is 5.69 Å². The Labute approximate surface area is 218 Å². The smallest absolute Gasteiger partial charge is 0.382 e. The SMILES string of the molecule is Cc1ccc(NC(=O)c2cc(-n3cccc3)cc(C(F)(F)F)c2)cc1NC(=O)c1csc2c(N)ncnc12. The molecule has 0 atom stereocenters. The van der Waals surface area contributed by atoms with Crippen molar-refractivity contribution in [2.24, 2.45) is 0 Å². The van der Waals surface area contributed by atoms with Crippen molar-refractivity contribution in [1.82, 2.24) is 14.5 Å². The number of carbonyl (C=O) groups excluding carboxylic acids is 2. The Balaban J connectivity index is 1.41. The van der Waals surface area contributed by atoms with Gasteiger partial charge in [0.1, 0.15) is 12.1 Å². The average Bonchev–Trinajstić information content (AvgIpc) is 3.56. The van der Waals surface area contributed by atoms with Crippen LogP contribution in [0.2, 0.25) is 0 Å². The van der Waals surface area contributed by atoms with Gasteiger partial charge in [0, 0.05) is 40.4 Å². The molecule has 0 radical (unpaired) electrons.